The van der Waals surface area contributed by atoms with Crippen molar-refractivity contribution in [3.63, 3.8) is 0 Å². The van der Waals surface area contributed by atoms with E-state index in [1.54, 1.807) is 41.2 Å². The summed E-state index contributed by atoms with van der Waals surface area (Å²) in [5, 5.41) is 14.8. The highest BCUT2D eigenvalue weighted by molar-refractivity contribution is 7.99. The van der Waals surface area contributed by atoms with Crippen molar-refractivity contribution < 1.29 is 9.59 Å². The van der Waals surface area contributed by atoms with Gasteiger partial charge in [-0.05, 0) is 36.4 Å². The van der Waals surface area contributed by atoms with Crippen LogP contribution in [0.25, 0.3) is 5.69 Å². The number of nitrogens with zero attached hydrogens (tertiary/aromatic N) is 3. The molecular weight excluding hydrogens is 421 g/mol. The van der Waals surface area contributed by atoms with E-state index in [1.807, 2.05) is 12.1 Å². The fourth-order valence-electron chi connectivity index (χ4n) is 2.34. The zero-order valence-electron chi connectivity index (χ0n) is 14.6. The molecule has 0 spiro atoms. The Hall–Kier alpha value is -2.55. The first-order valence-electron chi connectivity index (χ1n) is 8.08. The smallest absolute Gasteiger partial charge is 0.234 e. The summed E-state index contributed by atoms with van der Waals surface area (Å²) in [6.45, 7) is 1.39. The number of aromatic nitrogens is 3. The lowest BCUT2D eigenvalue weighted by Gasteiger charge is -2.09. The third-order valence-corrected chi connectivity index (χ3v) is 4.99. The summed E-state index contributed by atoms with van der Waals surface area (Å²) in [6.07, 6.45) is 1.56. The molecule has 10 heteroatoms. The van der Waals surface area contributed by atoms with Crippen molar-refractivity contribution in [1.29, 1.82) is 0 Å². The lowest BCUT2D eigenvalue weighted by atomic mass is 10.2. The SMILES string of the molecule is CC(=O)Nc1ccc(NC(=O)CSc2nncn2-c2cccc(Cl)c2)cc1Cl. The van der Waals surface area contributed by atoms with Gasteiger partial charge in [0.1, 0.15) is 6.33 Å². The van der Waals surface area contributed by atoms with Gasteiger partial charge in [-0.15, -0.1) is 10.2 Å². The average Bonchev–Trinajstić information content (AvgIpc) is 3.11. The Bertz CT molecular complexity index is 1020. The zero-order valence-corrected chi connectivity index (χ0v) is 17.0. The van der Waals surface area contributed by atoms with Gasteiger partial charge in [0.15, 0.2) is 5.16 Å². The maximum atomic E-state index is 12.3. The highest BCUT2D eigenvalue weighted by Crippen LogP contribution is 2.26. The van der Waals surface area contributed by atoms with E-state index in [2.05, 4.69) is 20.8 Å². The molecule has 2 N–H and O–H groups in total. The molecule has 28 heavy (non-hydrogen) atoms. The van der Waals surface area contributed by atoms with Crippen molar-refractivity contribution in [3.05, 3.63) is 58.8 Å². The van der Waals surface area contributed by atoms with Gasteiger partial charge in [0.25, 0.3) is 0 Å². The minimum atomic E-state index is -0.228. The predicted molar refractivity (Wildman–Crippen MR) is 111 cm³/mol. The second-order valence-electron chi connectivity index (χ2n) is 5.68. The Kier molecular flexibility index (Phi) is 6.56. The number of carbonyl (C=O) groups is 2. The van der Waals surface area contributed by atoms with Gasteiger partial charge in [-0.2, -0.15) is 0 Å². The normalized spacial score (nSPS) is 10.5. The van der Waals surface area contributed by atoms with Crippen LogP contribution in [0.4, 0.5) is 11.4 Å². The van der Waals surface area contributed by atoms with Gasteiger partial charge in [-0.3, -0.25) is 14.2 Å². The second kappa shape index (κ2) is 9.09. The van der Waals surface area contributed by atoms with Crippen LogP contribution in [0.5, 0.6) is 0 Å². The molecule has 0 fully saturated rings. The molecule has 0 saturated heterocycles. The number of rotatable bonds is 6. The molecule has 1 aromatic heterocycles. The maximum Gasteiger partial charge on any atom is 0.234 e. The molecule has 0 aliphatic rings. The first-order valence-corrected chi connectivity index (χ1v) is 9.82. The van der Waals surface area contributed by atoms with Crippen LogP contribution in [0.1, 0.15) is 6.92 Å². The second-order valence-corrected chi connectivity index (χ2v) is 7.46. The highest BCUT2D eigenvalue weighted by atomic mass is 35.5. The number of hydrogen-bond donors (Lipinski definition) is 2. The number of halogens is 2. The number of anilines is 2. The molecule has 144 valence electrons. The Labute approximate surface area is 175 Å². The van der Waals surface area contributed by atoms with Crippen LogP contribution in [-0.2, 0) is 9.59 Å². The van der Waals surface area contributed by atoms with Crippen LogP contribution in [0.2, 0.25) is 10.0 Å². The monoisotopic (exact) mass is 435 g/mol. The molecule has 1 heterocycles. The van der Waals surface area contributed by atoms with Gasteiger partial charge >= 0.3 is 0 Å². The van der Waals surface area contributed by atoms with E-state index in [0.717, 1.165) is 5.69 Å². The van der Waals surface area contributed by atoms with Gasteiger partial charge < -0.3 is 10.6 Å². The van der Waals surface area contributed by atoms with Crippen molar-refractivity contribution in [2.75, 3.05) is 16.4 Å². The van der Waals surface area contributed by atoms with Crippen LogP contribution in [0, 0.1) is 0 Å². The van der Waals surface area contributed by atoms with Crippen molar-refractivity contribution in [1.82, 2.24) is 14.8 Å². The summed E-state index contributed by atoms with van der Waals surface area (Å²) >= 11 is 13.4. The third kappa shape index (κ3) is 5.25. The van der Waals surface area contributed by atoms with Gasteiger partial charge in [-0.25, -0.2) is 0 Å². The number of amides is 2. The summed E-state index contributed by atoms with van der Waals surface area (Å²) < 4.78 is 1.75. The first-order chi connectivity index (χ1) is 13.4. The molecule has 3 rings (SSSR count). The number of hydrogen-bond acceptors (Lipinski definition) is 5. The van der Waals surface area contributed by atoms with Gasteiger partial charge in [0, 0.05) is 17.6 Å². The summed E-state index contributed by atoms with van der Waals surface area (Å²) in [4.78, 5) is 23.4. The summed E-state index contributed by atoms with van der Waals surface area (Å²) in [5.74, 6) is -0.322. The van der Waals surface area contributed by atoms with Crippen molar-refractivity contribution in [2.24, 2.45) is 0 Å². The third-order valence-electron chi connectivity index (χ3n) is 3.50. The number of thioether (sulfide) groups is 1. The number of nitrogens with one attached hydrogen (secondary N) is 2. The largest absolute Gasteiger partial charge is 0.325 e. The Morgan fingerprint density at radius 2 is 1.96 bits per heavy atom. The number of benzene rings is 2. The highest BCUT2D eigenvalue weighted by Gasteiger charge is 2.11. The van der Waals surface area contributed by atoms with E-state index in [-0.39, 0.29) is 17.6 Å². The molecule has 0 aliphatic carbocycles. The quantitative estimate of drug-likeness (QED) is 0.564. The average molecular weight is 436 g/mol. The van der Waals surface area contributed by atoms with Crippen LogP contribution in [0.15, 0.2) is 53.9 Å². The minimum Gasteiger partial charge on any atom is -0.325 e. The van der Waals surface area contributed by atoms with E-state index in [0.29, 0.717) is 26.6 Å². The molecule has 3 aromatic rings. The summed E-state index contributed by atoms with van der Waals surface area (Å²) in [6, 6.07) is 12.1. The molecule has 0 radical (unpaired) electrons. The van der Waals surface area contributed by atoms with Crippen molar-refractivity contribution in [3.8, 4) is 5.69 Å². The molecule has 0 aliphatic heterocycles. The van der Waals surface area contributed by atoms with Crippen molar-refractivity contribution in [2.45, 2.75) is 12.1 Å². The standard InChI is InChI=1S/C18H15Cl2N5O2S/c1-11(26)22-16-6-5-13(8-15(16)20)23-17(27)9-28-18-24-21-10-25(18)14-4-2-3-12(19)7-14/h2-8,10H,9H2,1H3,(H,22,26)(H,23,27). The molecule has 2 aromatic carbocycles. The predicted octanol–water partition coefficient (Wildman–Crippen LogP) is 4.26. The van der Waals surface area contributed by atoms with E-state index in [4.69, 9.17) is 23.2 Å². The fourth-order valence-corrected chi connectivity index (χ4v) is 3.48. The summed E-state index contributed by atoms with van der Waals surface area (Å²) in [7, 11) is 0. The fraction of sp³-hybridized carbons (Fsp3) is 0.111. The Morgan fingerprint density at radius 3 is 2.68 bits per heavy atom. The molecule has 2 amide bonds. The first kappa shape index (κ1) is 20.2. The summed E-state index contributed by atoms with van der Waals surface area (Å²) in [5.41, 5.74) is 1.82. The molecular formula is C18H15Cl2N5O2S. The molecule has 0 atom stereocenters. The Morgan fingerprint density at radius 1 is 1.14 bits per heavy atom. The van der Waals surface area contributed by atoms with Crippen LogP contribution in [0.3, 0.4) is 0 Å². The maximum absolute atomic E-state index is 12.3. The van der Waals surface area contributed by atoms with Gasteiger partial charge in [0.05, 0.1) is 22.2 Å². The minimum absolute atomic E-state index is 0.129. The lowest BCUT2D eigenvalue weighted by Crippen LogP contribution is -2.15. The van der Waals surface area contributed by atoms with Gasteiger partial charge in [0.2, 0.25) is 11.8 Å². The zero-order chi connectivity index (χ0) is 20.1. The van der Waals surface area contributed by atoms with E-state index in [1.165, 1.54) is 18.7 Å². The van der Waals surface area contributed by atoms with Crippen LogP contribution >= 0.6 is 35.0 Å². The van der Waals surface area contributed by atoms with Gasteiger partial charge in [-0.1, -0.05) is 41.0 Å². The van der Waals surface area contributed by atoms with Crippen LogP contribution in [-0.4, -0.2) is 32.3 Å². The topological polar surface area (TPSA) is 88.9 Å². The molecule has 0 unspecified atom stereocenters. The van der Waals surface area contributed by atoms with E-state index >= 15 is 0 Å². The molecule has 0 saturated carbocycles. The van der Waals surface area contributed by atoms with E-state index in [9.17, 15) is 9.59 Å². The van der Waals surface area contributed by atoms with E-state index < -0.39 is 0 Å². The lowest BCUT2D eigenvalue weighted by molar-refractivity contribution is -0.114. The molecule has 0 bridgehead atoms. The molecule has 7 nitrogen and oxygen atoms in total. The van der Waals surface area contributed by atoms with Crippen molar-refractivity contribution >= 4 is 58.2 Å². The van der Waals surface area contributed by atoms with Crippen LogP contribution < -0.4 is 10.6 Å². The Balaban J connectivity index is 1.62. The number of carbonyl (C=O) groups excluding carboxylic acids is 2.